The number of carbonyl (C=O) groups excluding carboxylic acids is 1. The average Bonchev–Trinajstić information content (AvgIpc) is 2.72. The second kappa shape index (κ2) is 8.45. The molecule has 28 heavy (non-hydrogen) atoms. The molecule has 2 heterocycles. The second-order valence-electron chi connectivity index (χ2n) is 6.59. The topological polar surface area (TPSA) is 67.3 Å². The summed E-state index contributed by atoms with van der Waals surface area (Å²) in [5.41, 5.74) is -0.0264. The highest BCUT2D eigenvalue weighted by Gasteiger charge is 2.34. The third-order valence-electron chi connectivity index (χ3n) is 4.73. The molecule has 9 heteroatoms. The minimum atomic E-state index is -4.50. The van der Waals surface area contributed by atoms with E-state index in [0.29, 0.717) is 32.5 Å². The van der Waals surface area contributed by atoms with Crippen LogP contribution in [0.15, 0.2) is 36.7 Å². The number of benzene rings is 1. The summed E-state index contributed by atoms with van der Waals surface area (Å²) in [4.78, 5) is 21.4. The molecule has 1 saturated heterocycles. The lowest BCUT2D eigenvalue weighted by Gasteiger charge is -2.32. The number of nitrogens with zero attached hydrogens (tertiary/aromatic N) is 3. The molecule has 0 radical (unpaired) electrons. The van der Waals surface area contributed by atoms with E-state index in [1.807, 2.05) is 24.3 Å². The van der Waals surface area contributed by atoms with E-state index in [2.05, 4.69) is 15.3 Å². The van der Waals surface area contributed by atoms with Crippen molar-refractivity contribution < 1.29 is 22.7 Å². The number of alkyl halides is 3. The fourth-order valence-corrected chi connectivity index (χ4v) is 3.16. The van der Waals surface area contributed by atoms with Gasteiger partial charge in [-0.3, -0.25) is 4.79 Å². The number of ether oxygens (including phenoxy) is 1. The molecule has 0 aliphatic carbocycles. The Bertz CT molecular complexity index is 821. The highest BCUT2D eigenvalue weighted by atomic mass is 19.4. The molecule has 1 aromatic heterocycles. The summed E-state index contributed by atoms with van der Waals surface area (Å²) in [7, 11) is 1.58. The van der Waals surface area contributed by atoms with Crippen molar-refractivity contribution >= 4 is 11.7 Å². The summed E-state index contributed by atoms with van der Waals surface area (Å²) in [6.45, 7) is 1.33. The molecule has 2 aromatic rings. The predicted octanol–water partition coefficient (Wildman–Crippen LogP) is 3.04. The van der Waals surface area contributed by atoms with Crippen LogP contribution in [-0.2, 0) is 17.5 Å². The van der Waals surface area contributed by atoms with Crippen molar-refractivity contribution in [3.63, 3.8) is 0 Å². The standard InChI is InChI=1S/C19H21F3N4O2/c1-28-15-4-2-3-13(9-15)11-23-18(27)14-5-7-26(8-6-14)17-10-16(19(20,21)22)24-12-25-17/h2-4,9-10,12,14H,5-8,11H2,1H3,(H,23,27). The van der Waals surface area contributed by atoms with Gasteiger partial charge in [-0.25, -0.2) is 9.97 Å². The molecule has 1 aliphatic heterocycles. The van der Waals surface area contributed by atoms with Crippen molar-refractivity contribution in [3.05, 3.63) is 47.9 Å². The Labute approximate surface area is 160 Å². The van der Waals surface area contributed by atoms with Crippen LogP contribution in [0.1, 0.15) is 24.1 Å². The molecule has 0 saturated carbocycles. The zero-order valence-corrected chi connectivity index (χ0v) is 15.4. The van der Waals surface area contributed by atoms with E-state index < -0.39 is 11.9 Å². The molecular formula is C19H21F3N4O2. The van der Waals surface area contributed by atoms with Crippen molar-refractivity contribution in [2.24, 2.45) is 5.92 Å². The first-order valence-corrected chi connectivity index (χ1v) is 8.91. The van der Waals surface area contributed by atoms with Gasteiger partial charge in [0, 0.05) is 31.6 Å². The number of piperidine rings is 1. The van der Waals surface area contributed by atoms with Crippen LogP contribution in [0.25, 0.3) is 0 Å². The van der Waals surface area contributed by atoms with Crippen molar-refractivity contribution in [2.75, 3.05) is 25.1 Å². The Kier molecular flexibility index (Phi) is 6.01. The Balaban J connectivity index is 1.53. The number of rotatable bonds is 5. The van der Waals surface area contributed by atoms with Crippen LogP contribution >= 0.6 is 0 Å². The van der Waals surface area contributed by atoms with Crippen molar-refractivity contribution in [1.82, 2.24) is 15.3 Å². The maximum atomic E-state index is 12.8. The van der Waals surface area contributed by atoms with E-state index in [9.17, 15) is 18.0 Å². The minimum absolute atomic E-state index is 0.0545. The van der Waals surface area contributed by atoms with Gasteiger partial charge in [0.2, 0.25) is 5.91 Å². The second-order valence-corrected chi connectivity index (χ2v) is 6.59. The summed E-state index contributed by atoms with van der Waals surface area (Å²) in [6, 6.07) is 8.40. The number of anilines is 1. The number of methoxy groups -OCH3 is 1. The highest BCUT2D eigenvalue weighted by molar-refractivity contribution is 5.79. The first kappa shape index (κ1) is 19.9. The average molecular weight is 394 g/mol. The van der Waals surface area contributed by atoms with E-state index in [1.165, 1.54) is 0 Å². The smallest absolute Gasteiger partial charge is 0.433 e. The Morgan fingerprint density at radius 1 is 1.25 bits per heavy atom. The molecule has 1 N–H and O–H groups in total. The third-order valence-corrected chi connectivity index (χ3v) is 4.73. The largest absolute Gasteiger partial charge is 0.497 e. The Morgan fingerprint density at radius 2 is 2.00 bits per heavy atom. The van der Waals surface area contributed by atoms with Gasteiger partial charge in [0.15, 0.2) is 0 Å². The van der Waals surface area contributed by atoms with Gasteiger partial charge in [0.05, 0.1) is 7.11 Å². The normalized spacial score (nSPS) is 15.4. The van der Waals surface area contributed by atoms with Gasteiger partial charge < -0.3 is 15.0 Å². The van der Waals surface area contributed by atoms with Crippen molar-refractivity contribution in [3.8, 4) is 5.75 Å². The van der Waals surface area contributed by atoms with E-state index in [1.54, 1.807) is 12.0 Å². The molecule has 0 atom stereocenters. The molecule has 1 fully saturated rings. The minimum Gasteiger partial charge on any atom is -0.497 e. The summed E-state index contributed by atoms with van der Waals surface area (Å²) < 4.78 is 43.6. The quantitative estimate of drug-likeness (QED) is 0.844. The van der Waals surface area contributed by atoms with Gasteiger partial charge in [-0.2, -0.15) is 13.2 Å². The summed E-state index contributed by atoms with van der Waals surface area (Å²) in [5.74, 6) is 0.729. The maximum absolute atomic E-state index is 12.8. The Morgan fingerprint density at radius 3 is 2.68 bits per heavy atom. The lowest BCUT2D eigenvalue weighted by Crippen LogP contribution is -2.40. The van der Waals surface area contributed by atoms with Crippen LogP contribution in [0.5, 0.6) is 5.75 Å². The van der Waals surface area contributed by atoms with Crippen LogP contribution in [0.3, 0.4) is 0 Å². The number of hydrogen-bond acceptors (Lipinski definition) is 5. The van der Waals surface area contributed by atoms with E-state index in [4.69, 9.17) is 4.74 Å². The lowest BCUT2D eigenvalue weighted by atomic mass is 9.95. The highest BCUT2D eigenvalue weighted by Crippen LogP contribution is 2.30. The fourth-order valence-electron chi connectivity index (χ4n) is 3.16. The summed E-state index contributed by atoms with van der Waals surface area (Å²) >= 11 is 0. The van der Waals surface area contributed by atoms with E-state index in [-0.39, 0.29) is 17.6 Å². The molecule has 0 bridgehead atoms. The van der Waals surface area contributed by atoms with Gasteiger partial charge in [-0.1, -0.05) is 12.1 Å². The third kappa shape index (κ3) is 4.90. The monoisotopic (exact) mass is 394 g/mol. The number of carbonyl (C=O) groups is 1. The molecule has 1 aromatic carbocycles. The van der Waals surface area contributed by atoms with Gasteiger partial charge >= 0.3 is 6.18 Å². The molecule has 6 nitrogen and oxygen atoms in total. The van der Waals surface area contributed by atoms with E-state index in [0.717, 1.165) is 23.7 Å². The predicted molar refractivity (Wildman–Crippen MR) is 96.8 cm³/mol. The molecular weight excluding hydrogens is 373 g/mol. The van der Waals surface area contributed by atoms with Crippen LogP contribution < -0.4 is 15.0 Å². The number of halogens is 3. The zero-order valence-electron chi connectivity index (χ0n) is 15.4. The van der Waals surface area contributed by atoms with Crippen molar-refractivity contribution in [2.45, 2.75) is 25.6 Å². The number of amides is 1. The van der Waals surface area contributed by atoms with Crippen LogP contribution in [-0.4, -0.2) is 36.1 Å². The molecule has 1 amide bonds. The van der Waals surface area contributed by atoms with Gasteiger partial charge in [0.25, 0.3) is 0 Å². The van der Waals surface area contributed by atoms with E-state index >= 15 is 0 Å². The van der Waals surface area contributed by atoms with Gasteiger partial charge in [-0.15, -0.1) is 0 Å². The zero-order chi connectivity index (χ0) is 20.1. The Hall–Kier alpha value is -2.84. The van der Waals surface area contributed by atoms with Crippen LogP contribution in [0.4, 0.5) is 19.0 Å². The van der Waals surface area contributed by atoms with Crippen LogP contribution in [0, 0.1) is 5.92 Å². The fraction of sp³-hybridized carbons (Fsp3) is 0.421. The summed E-state index contributed by atoms with van der Waals surface area (Å²) in [5, 5.41) is 2.92. The molecule has 150 valence electrons. The molecule has 0 spiro atoms. The first-order chi connectivity index (χ1) is 13.4. The number of nitrogens with one attached hydrogen (secondary N) is 1. The van der Waals surface area contributed by atoms with Gasteiger partial charge in [-0.05, 0) is 30.5 Å². The first-order valence-electron chi connectivity index (χ1n) is 8.91. The summed E-state index contributed by atoms with van der Waals surface area (Å²) in [6.07, 6.45) is -2.48. The molecule has 3 rings (SSSR count). The molecule has 1 aliphatic rings. The van der Waals surface area contributed by atoms with Crippen LogP contribution in [0.2, 0.25) is 0 Å². The maximum Gasteiger partial charge on any atom is 0.433 e. The number of hydrogen-bond donors (Lipinski definition) is 1. The lowest BCUT2D eigenvalue weighted by molar-refractivity contribution is -0.141. The van der Waals surface area contributed by atoms with Gasteiger partial charge in [0.1, 0.15) is 23.6 Å². The SMILES string of the molecule is COc1cccc(CNC(=O)C2CCN(c3cc(C(F)(F)F)ncn3)CC2)c1. The number of aromatic nitrogens is 2. The molecule has 0 unspecified atom stereocenters. The van der Waals surface area contributed by atoms with Crippen molar-refractivity contribution in [1.29, 1.82) is 0 Å².